The van der Waals surface area contributed by atoms with E-state index in [1.54, 1.807) is 31.6 Å². The third kappa shape index (κ3) is 9.67. The van der Waals surface area contributed by atoms with E-state index in [4.69, 9.17) is 9.47 Å². The monoisotopic (exact) mass is 633 g/mol. The molecule has 1 saturated carbocycles. The largest absolute Gasteiger partial charge is 0.497 e. The number of amides is 2. The highest BCUT2D eigenvalue weighted by Gasteiger charge is 2.29. The smallest absolute Gasteiger partial charge is 0.410 e. The number of nitrogens with zero attached hydrogens (tertiary/aromatic N) is 3. The Morgan fingerprint density at radius 3 is 1.85 bits per heavy atom. The highest BCUT2D eigenvalue weighted by atomic mass is 16.6. The summed E-state index contributed by atoms with van der Waals surface area (Å²) in [4.78, 5) is 34.9. The van der Waals surface area contributed by atoms with Crippen LogP contribution >= 0.6 is 0 Å². The van der Waals surface area contributed by atoms with E-state index in [-0.39, 0.29) is 18.0 Å². The topological polar surface area (TPSA) is 72.0 Å². The molecule has 5 rings (SSSR count). The van der Waals surface area contributed by atoms with Gasteiger partial charge in [0.1, 0.15) is 11.4 Å². The number of rotatable bonds is 10. The first-order valence-electron chi connectivity index (χ1n) is 16.7. The molecule has 1 aliphatic rings. The van der Waals surface area contributed by atoms with E-state index in [0.717, 1.165) is 53.5 Å². The van der Waals surface area contributed by atoms with Crippen LogP contribution in [-0.4, -0.2) is 45.5 Å². The molecule has 47 heavy (non-hydrogen) atoms. The second-order valence-corrected chi connectivity index (χ2v) is 13.4. The Morgan fingerprint density at radius 2 is 1.32 bits per heavy atom. The van der Waals surface area contributed by atoms with E-state index in [0.29, 0.717) is 30.9 Å². The maximum Gasteiger partial charge on any atom is 0.410 e. The van der Waals surface area contributed by atoms with Gasteiger partial charge in [0, 0.05) is 43.6 Å². The van der Waals surface area contributed by atoms with Crippen molar-refractivity contribution in [3.63, 3.8) is 0 Å². The molecule has 0 N–H and O–H groups in total. The van der Waals surface area contributed by atoms with Crippen LogP contribution in [0.2, 0.25) is 0 Å². The van der Waals surface area contributed by atoms with Crippen molar-refractivity contribution >= 4 is 12.0 Å². The summed E-state index contributed by atoms with van der Waals surface area (Å²) in [7, 11) is 1.61. The molecule has 3 aromatic carbocycles. The predicted octanol–water partition coefficient (Wildman–Crippen LogP) is 9.06. The van der Waals surface area contributed by atoms with Gasteiger partial charge in [-0.05, 0) is 91.8 Å². The third-order valence-corrected chi connectivity index (χ3v) is 8.58. The Labute approximate surface area is 279 Å². The average molecular weight is 634 g/mol. The molecule has 1 heterocycles. The van der Waals surface area contributed by atoms with Gasteiger partial charge >= 0.3 is 6.09 Å². The van der Waals surface area contributed by atoms with Gasteiger partial charge < -0.3 is 19.3 Å². The van der Waals surface area contributed by atoms with Crippen molar-refractivity contribution in [2.24, 2.45) is 0 Å². The van der Waals surface area contributed by atoms with Crippen molar-refractivity contribution in [3.8, 4) is 16.9 Å². The lowest BCUT2D eigenvalue weighted by Crippen LogP contribution is -2.42. The molecule has 0 radical (unpaired) electrons. The molecule has 0 unspecified atom stereocenters. The number of hydrogen-bond donors (Lipinski definition) is 0. The molecule has 0 spiro atoms. The van der Waals surface area contributed by atoms with E-state index in [1.165, 1.54) is 12.8 Å². The Hall–Kier alpha value is -4.65. The van der Waals surface area contributed by atoms with Gasteiger partial charge in [-0.25, -0.2) is 4.79 Å². The van der Waals surface area contributed by atoms with Crippen LogP contribution in [0, 0.1) is 0 Å². The van der Waals surface area contributed by atoms with Crippen molar-refractivity contribution in [2.75, 3.05) is 7.11 Å². The predicted molar refractivity (Wildman–Crippen MR) is 186 cm³/mol. The zero-order valence-corrected chi connectivity index (χ0v) is 28.2. The van der Waals surface area contributed by atoms with Crippen LogP contribution in [0.3, 0.4) is 0 Å². The molecule has 2 amide bonds. The van der Waals surface area contributed by atoms with Crippen LogP contribution in [0.4, 0.5) is 4.79 Å². The lowest BCUT2D eigenvalue weighted by atomic mass is 10.0. The summed E-state index contributed by atoms with van der Waals surface area (Å²) in [6.07, 6.45) is 10.1. The maximum absolute atomic E-state index is 13.6. The van der Waals surface area contributed by atoms with Gasteiger partial charge in [0.2, 0.25) is 0 Å². The highest BCUT2D eigenvalue weighted by molar-refractivity contribution is 5.94. The molecule has 7 heteroatoms. The molecular formula is C40H47N3O4. The van der Waals surface area contributed by atoms with Gasteiger partial charge in [-0.1, -0.05) is 80.3 Å². The molecule has 0 saturated heterocycles. The second kappa shape index (κ2) is 15.8. The van der Waals surface area contributed by atoms with Crippen molar-refractivity contribution in [3.05, 3.63) is 120 Å². The zero-order valence-electron chi connectivity index (χ0n) is 28.2. The molecule has 7 nitrogen and oxygen atoms in total. The normalized spacial score (nSPS) is 13.8. The lowest BCUT2D eigenvalue weighted by molar-refractivity contribution is 0.0123. The lowest BCUT2D eigenvalue weighted by Gasteiger charge is -2.33. The number of aromatic nitrogens is 1. The minimum atomic E-state index is -0.533. The van der Waals surface area contributed by atoms with E-state index >= 15 is 0 Å². The summed E-state index contributed by atoms with van der Waals surface area (Å²) in [5.41, 5.74) is 5.35. The SMILES string of the molecule is COc1ccc(C(=O)N(Cc2ccc(-c3ccc(CN(C(=O)OC(C)(C)C)C4CCCCCC4)cc3)cc2)Cc2cccnc2)cc1. The molecule has 1 fully saturated rings. The first kappa shape index (κ1) is 33.7. The second-order valence-electron chi connectivity index (χ2n) is 13.4. The Kier molecular flexibility index (Phi) is 11.3. The van der Waals surface area contributed by atoms with Crippen molar-refractivity contribution < 1.29 is 19.1 Å². The maximum atomic E-state index is 13.6. The molecule has 1 aliphatic carbocycles. The molecule has 0 aliphatic heterocycles. The minimum absolute atomic E-state index is 0.0551. The Morgan fingerprint density at radius 1 is 0.745 bits per heavy atom. The van der Waals surface area contributed by atoms with Crippen LogP contribution in [0.5, 0.6) is 5.75 Å². The third-order valence-electron chi connectivity index (χ3n) is 8.58. The van der Waals surface area contributed by atoms with Crippen LogP contribution in [0.25, 0.3) is 11.1 Å². The molecule has 0 bridgehead atoms. The standard InChI is InChI=1S/C40H47N3O4/c1-40(2,3)47-39(45)43(36-11-7-5-6-8-12-36)29-31-15-19-34(20-16-31)33-17-13-30(14-18-33)27-42(28-32-10-9-25-41-26-32)38(44)35-21-23-37(46-4)24-22-35/h9-10,13-26,36H,5-8,11-12,27-29H2,1-4H3. The van der Waals surface area contributed by atoms with Gasteiger partial charge in [0.25, 0.3) is 5.91 Å². The summed E-state index contributed by atoms with van der Waals surface area (Å²) in [5, 5.41) is 0. The Balaban J connectivity index is 1.29. The Bertz CT molecular complexity index is 1570. The van der Waals surface area contributed by atoms with Gasteiger partial charge in [-0.3, -0.25) is 9.78 Å². The van der Waals surface area contributed by atoms with Crippen molar-refractivity contribution in [1.29, 1.82) is 0 Å². The van der Waals surface area contributed by atoms with Crippen LogP contribution < -0.4 is 4.74 Å². The van der Waals surface area contributed by atoms with Gasteiger partial charge in [-0.2, -0.15) is 0 Å². The van der Waals surface area contributed by atoms with Crippen LogP contribution in [0.1, 0.15) is 86.3 Å². The quantitative estimate of drug-likeness (QED) is 0.163. The number of benzene rings is 3. The summed E-state index contributed by atoms with van der Waals surface area (Å²) in [6, 6.07) is 28.1. The van der Waals surface area contributed by atoms with E-state index in [9.17, 15) is 9.59 Å². The fourth-order valence-electron chi connectivity index (χ4n) is 6.08. The first-order valence-corrected chi connectivity index (χ1v) is 16.7. The molecule has 1 aromatic heterocycles. The summed E-state index contributed by atoms with van der Waals surface area (Å²) in [6.45, 7) is 7.21. The van der Waals surface area contributed by atoms with Crippen molar-refractivity contribution in [2.45, 2.75) is 90.6 Å². The van der Waals surface area contributed by atoms with Gasteiger partial charge in [-0.15, -0.1) is 0 Å². The molecule has 246 valence electrons. The number of carbonyl (C=O) groups is 2. The number of ether oxygens (including phenoxy) is 2. The number of carbonyl (C=O) groups excluding carboxylic acids is 2. The molecule has 0 atom stereocenters. The average Bonchev–Trinajstić information content (AvgIpc) is 3.36. The zero-order chi connectivity index (χ0) is 33.2. The van der Waals surface area contributed by atoms with Crippen LogP contribution in [0.15, 0.2) is 97.3 Å². The van der Waals surface area contributed by atoms with Gasteiger partial charge in [0.15, 0.2) is 0 Å². The molecular weight excluding hydrogens is 586 g/mol. The number of pyridine rings is 1. The summed E-state index contributed by atoms with van der Waals surface area (Å²) >= 11 is 0. The fraction of sp³-hybridized carbons (Fsp3) is 0.375. The summed E-state index contributed by atoms with van der Waals surface area (Å²) < 4.78 is 11.1. The van der Waals surface area contributed by atoms with E-state index in [1.807, 2.05) is 54.8 Å². The van der Waals surface area contributed by atoms with Crippen LogP contribution in [-0.2, 0) is 24.4 Å². The van der Waals surface area contributed by atoms with Crippen molar-refractivity contribution in [1.82, 2.24) is 14.8 Å². The minimum Gasteiger partial charge on any atom is -0.497 e. The van der Waals surface area contributed by atoms with Gasteiger partial charge in [0.05, 0.1) is 7.11 Å². The van der Waals surface area contributed by atoms with E-state index in [2.05, 4.69) is 53.5 Å². The summed E-state index contributed by atoms with van der Waals surface area (Å²) in [5.74, 6) is 0.657. The first-order chi connectivity index (χ1) is 22.7. The fourth-order valence-corrected chi connectivity index (χ4v) is 6.08. The number of methoxy groups -OCH3 is 1. The number of hydrogen-bond acceptors (Lipinski definition) is 5. The highest BCUT2D eigenvalue weighted by Crippen LogP contribution is 2.27. The van der Waals surface area contributed by atoms with E-state index < -0.39 is 5.60 Å². The molecule has 4 aromatic rings.